The number of fused-ring (bicyclic) bond motifs is 2. The molecule has 4 rings (SSSR count). The Balaban J connectivity index is 1.34. The van der Waals surface area contributed by atoms with Gasteiger partial charge in [0.1, 0.15) is 17.5 Å². The Hall–Kier alpha value is -2.79. The number of imidazole rings is 1. The third-order valence-corrected chi connectivity index (χ3v) is 7.97. The van der Waals surface area contributed by atoms with E-state index in [1.54, 1.807) is 18.2 Å². The maximum atomic E-state index is 12.4. The summed E-state index contributed by atoms with van der Waals surface area (Å²) < 4.78 is 30.1. The number of amides is 1. The van der Waals surface area contributed by atoms with E-state index in [0.717, 1.165) is 48.8 Å². The highest BCUT2D eigenvalue weighted by Crippen LogP contribution is 2.22. The molecule has 11 heteroatoms. The van der Waals surface area contributed by atoms with Crippen LogP contribution in [-0.4, -0.2) is 63.6 Å². The zero-order chi connectivity index (χ0) is 23.6. The maximum absolute atomic E-state index is 12.4. The standard InChI is InChI=1S/C22H31N7O3S/c1-27(2)33(31,32)16-8-9-18-17(15-16)24-19(28(18)3)10-11-22(30)23-13-12-21-26-25-20-7-5-4-6-14-29(20)21/h8-9,15H,4-7,10-14H2,1-3H3,(H,23,30). The van der Waals surface area contributed by atoms with Crippen LogP contribution in [0.15, 0.2) is 23.1 Å². The number of carbonyl (C=O) groups is 1. The van der Waals surface area contributed by atoms with E-state index >= 15 is 0 Å². The number of hydrogen-bond donors (Lipinski definition) is 1. The number of carbonyl (C=O) groups excluding carboxylic acids is 1. The van der Waals surface area contributed by atoms with E-state index in [4.69, 9.17) is 0 Å². The van der Waals surface area contributed by atoms with E-state index in [-0.39, 0.29) is 10.8 Å². The molecular weight excluding hydrogens is 442 g/mol. The fraction of sp³-hybridized carbons (Fsp3) is 0.545. The summed E-state index contributed by atoms with van der Waals surface area (Å²) in [6, 6.07) is 4.92. The molecular formula is C22H31N7O3S. The number of sulfonamides is 1. The van der Waals surface area contributed by atoms with Crippen LogP contribution in [0.1, 0.15) is 43.2 Å². The lowest BCUT2D eigenvalue weighted by molar-refractivity contribution is -0.121. The minimum absolute atomic E-state index is 0.0477. The zero-order valence-electron chi connectivity index (χ0n) is 19.4. The van der Waals surface area contributed by atoms with Gasteiger partial charge in [0.25, 0.3) is 0 Å². The lowest BCUT2D eigenvalue weighted by Gasteiger charge is -2.10. The Bertz CT molecular complexity index is 1260. The monoisotopic (exact) mass is 473 g/mol. The number of nitrogens with one attached hydrogen (secondary N) is 1. The van der Waals surface area contributed by atoms with Crippen molar-refractivity contribution in [1.29, 1.82) is 0 Å². The summed E-state index contributed by atoms with van der Waals surface area (Å²) in [6.07, 6.45) is 5.92. The van der Waals surface area contributed by atoms with Gasteiger partial charge in [-0.05, 0) is 31.0 Å². The number of aryl methyl sites for hydroxylation is 3. The van der Waals surface area contributed by atoms with Gasteiger partial charge >= 0.3 is 0 Å². The van der Waals surface area contributed by atoms with E-state index < -0.39 is 10.0 Å². The van der Waals surface area contributed by atoms with E-state index in [1.807, 2.05) is 11.6 Å². The van der Waals surface area contributed by atoms with E-state index in [9.17, 15) is 13.2 Å². The topological polar surface area (TPSA) is 115 Å². The van der Waals surface area contributed by atoms with Crippen molar-refractivity contribution >= 4 is 27.0 Å². The second-order valence-electron chi connectivity index (χ2n) is 8.62. The molecule has 0 unspecified atom stereocenters. The van der Waals surface area contributed by atoms with Crippen molar-refractivity contribution < 1.29 is 13.2 Å². The number of hydrogen-bond acceptors (Lipinski definition) is 6. The van der Waals surface area contributed by atoms with Gasteiger partial charge in [-0.25, -0.2) is 17.7 Å². The van der Waals surface area contributed by atoms with Gasteiger partial charge in [0.15, 0.2) is 0 Å². The molecule has 0 aliphatic carbocycles. The van der Waals surface area contributed by atoms with Gasteiger partial charge in [0, 0.05) is 59.9 Å². The Kier molecular flexibility index (Phi) is 6.80. The molecule has 0 fully saturated rings. The van der Waals surface area contributed by atoms with Crippen molar-refractivity contribution in [2.75, 3.05) is 20.6 Å². The van der Waals surface area contributed by atoms with Crippen LogP contribution in [0.4, 0.5) is 0 Å². The fourth-order valence-corrected chi connectivity index (χ4v) is 5.10. The first-order valence-electron chi connectivity index (χ1n) is 11.3. The Morgan fingerprint density at radius 2 is 1.94 bits per heavy atom. The molecule has 3 heterocycles. The molecule has 2 aromatic heterocycles. The second kappa shape index (κ2) is 9.60. The molecule has 33 heavy (non-hydrogen) atoms. The van der Waals surface area contributed by atoms with Crippen molar-refractivity contribution in [1.82, 2.24) is 33.9 Å². The predicted molar refractivity (Wildman–Crippen MR) is 124 cm³/mol. The smallest absolute Gasteiger partial charge is 0.242 e. The number of nitrogens with zero attached hydrogens (tertiary/aromatic N) is 6. The minimum atomic E-state index is -3.53. The van der Waals surface area contributed by atoms with Gasteiger partial charge in [-0.3, -0.25) is 4.79 Å². The predicted octanol–water partition coefficient (Wildman–Crippen LogP) is 1.43. The maximum Gasteiger partial charge on any atom is 0.242 e. The molecule has 1 aliphatic heterocycles. The van der Waals surface area contributed by atoms with Gasteiger partial charge in [0.2, 0.25) is 15.9 Å². The molecule has 0 spiro atoms. The quantitative estimate of drug-likeness (QED) is 0.529. The van der Waals surface area contributed by atoms with Crippen LogP contribution in [0.3, 0.4) is 0 Å². The number of aromatic nitrogens is 5. The molecule has 0 radical (unpaired) electrons. The van der Waals surface area contributed by atoms with Crippen LogP contribution in [0.5, 0.6) is 0 Å². The third-order valence-electron chi connectivity index (χ3n) is 6.16. The van der Waals surface area contributed by atoms with Crippen LogP contribution in [0.25, 0.3) is 11.0 Å². The van der Waals surface area contributed by atoms with Gasteiger partial charge in [-0.1, -0.05) is 6.42 Å². The molecule has 0 saturated carbocycles. The Labute approximate surface area is 194 Å². The van der Waals surface area contributed by atoms with E-state index in [2.05, 4.69) is 25.1 Å². The van der Waals surface area contributed by atoms with Crippen molar-refractivity contribution in [3.63, 3.8) is 0 Å². The highest BCUT2D eigenvalue weighted by Gasteiger charge is 2.19. The first-order chi connectivity index (χ1) is 15.8. The molecule has 1 aliphatic rings. The third kappa shape index (κ3) is 4.93. The van der Waals surface area contributed by atoms with Crippen LogP contribution in [0, 0.1) is 0 Å². The molecule has 1 aromatic carbocycles. The lowest BCUT2D eigenvalue weighted by atomic mass is 10.2. The molecule has 1 amide bonds. The second-order valence-corrected chi connectivity index (χ2v) is 10.8. The lowest BCUT2D eigenvalue weighted by Crippen LogP contribution is -2.27. The largest absolute Gasteiger partial charge is 0.356 e. The first kappa shape index (κ1) is 23.4. The molecule has 178 valence electrons. The first-order valence-corrected chi connectivity index (χ1v) is 12.8. The average molecular weight is 474 g/mol. The highest BCUT2D eigenvalue weighted by atomic mass is 32.2. The summed E-state index contributed by atoms with van der Waals surface area (Å²) in [5, 5.41) is 11.6. The molecule has 0 atom stereocenters. The molecule has 0 bridgehead atoms. The van der Waals surface area contributed by atoms with E-state index in [0.29, 0.717) is 31.3 Å². The SMILES string of the molecule is CN(C)S(=O)(=O)c1ccc2c(c1)nc(CCC(=O)NCCc1nnc3n1CCCCC3)n2C. The fourth-order valence-electron chi connectivity index (χ4n) is 4.18. The van der Waals surface area contributed by atoms with Crippen LogP contribution >= 0.6 is 0 Å². The molecule has 0 saturated heterocycles. The van der Waals surface area contributed by atoms with Crippen molar-refractivity contribution in [3.05, 3.63) is 35.7 Å². The summed E-state index contributed by atoms with van der Waals surface area (Å²) in [4.78, 5) is 17.2. The van der Waals surface area contributed by atoms with Crippen molar-refractivity contribution in [3.8, 4) is 0 Å². The van der Waals surface area contributed by atoms with Gasteiger partial charge < -0.3 is 14.5 Å². The Morgan fingerprint density at radius 1 is 1.12 bits per heavy atom. The highest BCUT2D eigenvalue weighted by molar-refractivity contribution is 7.89. The summed E-state index contributed by atoms with van der Waals surface area (Å²) in [5.74, 6) is 2.68. The van der Waals surface area contributed by atoms with Gasteiger partial charge in [0.05, 0.1) is 15.9 Å². The summed E-state index contributed by atoms with van der Waals surface area (Å²) >= 11 is 0. The average Bonchev–Trinajstić information content (AvgIpc) is 3.21. The zero-order valence-corrected chi connectivity index (χ0v) is 20.2. The summed E-state index contributed by atoms with van der Waals surface area (Å²) in [7, 11) is 1.35. The number of rotatable bonds is 8. The van der Waals surface area contributed by atoms with Crippen LogP contribution in [-0.2, 0) is 47.7 Å². The molecule has 3 aromatic rings. The normalized spacial score (nSPS) is 14.4. The Morgan fingerprint density at radius 3 is 2.73 bits per heavy atom. The summed E-state index contributed by atoms with van der Waals surface area (Å²) in [6.45, 7) is 1.47. The van der Waals surface area contributed by atoms with Gasteiger partial charge in [-0.2, -0.15) is 0 Å². The molecule has 10 nitrogen and oxygen atoms in total. The van der Waals surface area contributed by atoms with E-state index in [1.165, 1.54) is 24.8 Å². The summed E-state index contributed by atoms with van der Waals surface area (Å²) in [5.41, 5.74) is 1.43. The number of benzene rings is 1. The van der Waals surface area contributed by atoms with Crippen LogP contribution < -0.4 is 5.32 Å². The van der Waals surface area contributed by atoms with Crippen molar-refractivity contribution in [2.45, 2.75) is 56.4 Å². The van der Waals surface area contributed by atoms with Crippen molar-refractivity contribution in [2.24, 2.45) is 7.05 Å². The molecule has 1 N–H and O–H groups in total. The minimum Gasteiger partial charge on any atom is -0.356 e. The van der Waals surface area contributed by atoms with Crippen LogP contribution in [0.2, 0.25) is 0 Å². The van der Waals surface area contributed by atoms with Gasteiger partial charge in [-0.15, -0.1) is 10.2 Å².